The summed E-state index contributed by atoms with van der Waals surface area (Å²) >= 11 is 0. The minimum atomic E-state index is 0. The van der Waals surface area contributed by atoms with Gasteiger partial charge in [-0.2, -0.15) is 9.90 Å². The summed E-state index contributed by atoms with van der Waals surface area (Å²) in [4.78, 5) is 0. The summed E-state index contributed by atoms with van der Waals surface area (Å²) in [6.07, 6.45) is 8.90. The normalized spacial score (nSPS) is 12.2. The minimum absolute atomic E-state index is 0. The van der Waals surface area contributed by atoms with Gasteiger partial charge in [0.1, 0.15) is 0 Å². The minimum Gasteiger partial charge on any atom is -0.396 e. The zero-order valence-electron chi connectivity index (χ0n) is 9.39. The molecule has 0 bridgehead atoms. The molecule has 0 spiro atoms. The van der Waals surface area contributed by atoms with E-state index in [1.807, 2.05) is 0 Å². The van der Waals surface area contributed by atoms with Crippen molar-refractivity contribution < 1.29 is 5.11 Å². The van der Waals surface area contributed by atoms with Gasteiger partial charge in [-0.1, -0.05) is 52.4 Å². The van der Waals surface area contributed by atoms with Crippen LogP contribution in [-0.2, 0) is 0 Å². The van der Waals surface area contributed by atoms with E-state index in [1.165, 1.54) is 38.5 Å². The van der Waals surface area contributed by atoms with Crippen LogP contribution in [0.4, 0.5) is 0 Å². The van der Waals surface area contributed by atoms with E-state index >= 15 is 0 Å². The van der Waals surface area contributed by atoms with Gasteiger partial charge in [0.15, 0.2) is 0 Å². The number of hydrogen-bond donors (Lipinski definition) is 1. The van der Waals surface area contributed by atoms with Crippen LogP contribution in [0.25, 0.3) is 0 Å². The first-order valence-corrected chi connectivity index (χ1v) is 5.46. The first-order valence-electron chi connectivity index (χ1n) is 5.46. The van der Waals surface area contributed by atoms with E-state index in [-0.39, 0.29) is 9.90 Å². The lowest BCUT2D eigenvalue weighted by atomic mass is 9.94. The predicted molar refractivity (Wildman–Crippen MR) is 65.3 cm³/mol. The van der Waals surface area contributed by atoms with Crippen molar-refractivity contribution >= 4 is 9.90 Å². The Labute approximate surface area is 86.9 Å². The molecular weight excluding hydrogens is 179 g/mol. The molecule has 0 rings (SSSR count). The molecule has 2 unspecified atom stereocenters. The van der Waals surface area contributed by atoms with Gasteiger partial charge < -0.3 is 5.11 Å². The zero-order chi connectivity index (χ0) is 9.23. The largest absolute Gasteiger partial charge is 0.396 e. The maximum absolute atomic E-state index is 8.63. The fourth-order valence-electron chi connectivity index (χ4n) is 1.59. The Morgan fingerprint density at radius 1 is 1.00 bits per heavy atom. The van der Waals surface area contributed by atoms with E-state index < -0.39 is 0 Å². The summed E-state index contributed by atoms with van der Waals surface area (Å²) in [6.45, 7) is 4.89. The van der Waals surface area contributed by atoms with Crippen LogP contribution in [0.15, 0.2) is 0 Å². The molecule has 1 nitrogen and oxygen atoms in total. The first kappa shape index (κ1) is 15.8. The lowest BCUT2D eigenvalue weighted by molar-refractivity contribution is 0.275. The molecule has 2 atom stereocenters. The van der Waals surface area contributed by atoms with Crippen LogP contribution in [0.2, 0.25) is 0 Å². The van der Waals surface area contributed by atoms with Crippen LogP contribution in [0.1, 0.15) is 58.8 Å². The monoisotopic (exact) mass is 206 g/mol. The number of hydrogen-bond acceptors (Lipinski definition) is 1. The van der Waals surface area contributed by atoms with Crippen molar-refractivity contribution in [2.24, 2.45) is 5.92 Å². The molecule has 0 heterocycles. The molecule has 0 amide bonds. The smallest absolute Gasteiger partial charge is 0.0431 e. The van der Waals surface area contributed by atoms with Crippen molar-refractivity contribution in [3.63, 3.8) is 0 Å². The van der Waals surface area contributed by atoms with Crippen molar-refractivity contribution in [1.29, 1.82) is 0 Å². The number of aliphatic hydroxyl groups is 1. The molecule has 0 aromatic carbocycles. The summed E-state index contributed by atoms with van der Waals surface area (Å²) in [5, 5.41) is 8.63. The van der Waals surface area contributed by atoms with Gasteiger partial charge in [-0.15, -0.1) is 0 Å². The quantitative estimate of drug-likeness (QED) is 0.476. The van der Waals surface area contributed by atoms with Crippen LogP contribution in [0.3, 0.4) is 0 Å². The van der Waals surface area contributed by atoms with Crippen LogP contribution in [0, 0.1) is 5.92 Å². The van der Waals surface area contributed by atoms with Gasteiger partial charge in [0.25, 0.3) is 0 Å². The van der Waals surface area contributed by atoms with E-state index in [1.54, 1.807) is 0 Å². The lowest BCUT2D eigenvalue weighted by Gasteiger charge is -2.13. The third-order valence-corrected chi connectivity index (χ3v) is 2.56. The van der Waals surface area contributed by atoms with Crippen LogP contribution in [-0.4, -0.2) is 11.7 Å². The second kappa shape index (κ2) is 12.4. The third kappa shape index (κ3) is 10.3. The van der Waals surface area contributed by atoms with Crippen LogP contribution in [0.5, 0.6) is 0 Å². The van der Waals surface area contributed by atoms with Crippen molar-refractivity contribution in [3.05, 3.63) is 0 Å². The van der Waals surface area contributed by atoms with Gasteiger partial charge in [-0.05, 0) is 12.3 Å². The molecule has 0 radical (unpaired) electrons. The maximum atomic E-state index is 8.63. The second-order valence-corrected chi connectivity index (χ2v) is 3.64. The van der Waals surface area contributed by atoms with Crippen LogP contribution >= 0.6 is 9.90 Å². The number of aliphatic hydroxyl groups excluding tert-OH is 1. The van der Waals surface area contributed by atoms with Crippen molar-refractivity contribution in [2.75, 3.05) is 6.61 Å². The molecule has 0 saturated carbocycles. The Bertz CT molecular complexity index is 86.2. The molecule has 0 saturated heterocycles. The highest BCUT2D eigenvalue weighted by Crippen LogP contribution is 2.18. The number of rotatable bonds is 8. The fourth-order valence-corrected chi connectivity index (χ4v) is 1.59. The molecular formula is C11H27OP. The van der Waals surface area contributed by atoms with E-state index in [0.29, 0.717) is 6.61 Å². The molecule has 1 N–H and O–H groups in total. The predicted octanol–water partition coefficient (Wildman–Crippen LogP) is 3.42. The molecule has 0 aromatic rings. The van der Waals surface area contributed by atoms with Gasteiger partial charge in [0.2, 0.25) is 0 Å². The highest BCUT2D eigenvalue weighted by atomic mass is 31.0. The first-order chi connectivity index (χ1) is 5.85. The average Bonchev–Trinajstić information content (AvgIpc) is 2.11. The maximum Gasteiger partial charge on any atom is 0.0431 e. The molecule has 0 aliphatic rings. The highest BCUT2D eigenvalue weighted by molar-refractivity contribution is 6.92. The van der Waals surface area contributed by atoms with Gasteiger partial charge >= 0.3 is 0 Å². The molecule has 0 aliphatic carbocycles. The number of unbranched alkanes of at least 4 members (excludes halogenated alkanes) is 2. The SMILES string of the molecule is CCCCC(CC)CCCCO.P. The molecule has 13 heavy (non-hydrogen) atoms. The summed E-state index contributed by atoms with van der Waals surface area (Å²) < 4.78 is 0. The lowest BCUT2D eigenvalue weighted by Crippen LogP contribution is -1.99. The molecule has 2 heteroatoms. The molecule has 0 aromatic heterocycles. The van der Waals surface area contributed by atoms with Gasteiger partial charge in [-0.25, -0.2) is 0 Å². The van der Waals surface area contributed by atoms with E-state index in [4.69, 9.17) is 5.11 Å². The summed E-state index contributed by atoms with van der Waals surface area (Å²) in [5.41, 5.74) is 0. The Hall–Kier alpha value is 0.390. The Morgan fingerprint density at radius 2 is 1.62 bits per heavy atom. The Balaban J connectivity index is 0. The van der Waals surface area contributed by atoms with E-state index in [9.17, 15) is 0 Å². The summed E-state index contributed by atoms with van der Waals surface area (Å²) in [7, 11) is 0. The second-order valence-electron chi connectivity index (χ2n) is 3.64. The average molecular weight is 206 g/mol. The van der Waals surface area contributed by atoms with Crippen molar-refractivity contribution in [1.82, 2.24) is 0 Å². The van der Waals surface area contributed by atoms with Crippen LogP contribution < -0.4 is 0 Å². The van der Waals surface area contributed by atoms with Crippen molar-refractivity contribution in [2.45, 2.75) is 58.8 Å². The van der Waals surface area contributed by atoms with E-state index in [0.717, 1.165) is 12.3 Å². The molecule has 82 valence electrons. The molecule has 0 aliphatic heterocycles. The van der Waals surface area contributed by atoms with Crippen molar-refractivity contribution in [3.8, 4) is 0 Å². The van der Waals surface area contributed by atoms with Gasteiger partial charge in [0.05, 0.1) is 0 Å². The zero-order valence-corrected chi connectivity index (χ0v) is 10.8. The summed E-state index contributed by atoms with van der Waals surface area (Å²) in [6, 6.07) is 0. The van der Waals surface area contributed by atoms with E-state index in [2.05, 4.69) is 13.8 Å². The highest BCUT2D eigenvalue weighted by Gasteiger charge is 2.04. The van der Waals surface area contributed by atoms with Gasteiger partial charge in [0, 0.05) is 6.61 Å². The van der Waals surface area contributed by atoms with Gasteiger partial charge in [-0.3, -0.25) is 0 Å². The topological polar surface area (TPSA) is 20.2 Å². The fraction of sp³-hybridized carbons (Fsp3) is 1.00. The standard InChI is InChI=1S/C11H24O.H3P/c1-3-5-8-11(4-2)9-6-7-10-12;/h11-12H,3-10H2,1-2H3;1H3. The third-order valence-electron chi connectivity index (χ3n) is 2.56. The molecule has 0 fully saturated rings. The Morgan fingerprint density at radius 3 is 2.08 bits per heavy atom. The summed E-state index contributed by atoms with van der Waals surface area (Å²) in [5.74, 6) is 0.913. The Kier molecular flexibility index (Phi) is 15.1.